The predicted molar refractivity (Wildman–Crippen MR) is 90.8 cm³/mol. The molecular formula is C16H21IN2. The third-order valence-electron chi connectivity index (χ3n) is 3.23. The Hall–Kier alpha value is -0.680. The van der Waals surface area contributed by atoms with Gasteiger partial charge in [-0.05, 0) is 47.6 Å². The summed E-state index contributed by atoms with van der Waals surface area (Å²) < 4.78 is 1.29. The first-order valence-electron chi connectivity index (χ1n) is 7.00. The Labute approximate surface area is 129 Å². The largest absolute Gasteiger partial charge is 0.313 e. The molecule has 0 atom stereocenters. The molecule has 0 saturated carbocycles. The molecule has 0 spiro atoms. The number of unbranched alkanes of at least 4 members (excludes halogenated alkanes) is 3. The van der Waals surface area contributed by atoms with Gasteiger partial charge in [-0.3, -0.25) is 4.98 Å². The Bertz CT molecular complexity index is 499. The third kappa shape index (κ3) is 5.07. The van der Waals surface area contributed by atoms with Crippen molar-refractivity contribution < 1.29 is 0 Å². The Morgan fingerprint density at radius 2 is 1.95 bits per heavy atom. The lowest BCUT2D eigenvalue weighted by atomic mass is 10.1. The number of hydrogen-bond donors (Lipinski definition) is 1. The zero-order chi connectivity index (χ0) is 13.3. The maximum atomic E-state index is 4.34. The Morgan fingerprint density at radius 1 is 1.05 bits per heavy atom. The molecule has 2 aromatic rings. The molecule has 0 unspecified atom stereocenters. The highest BCUT2D eigenvalue weighted by Gasteiger charge is 1.97. The Balaban J connectivity index is 1.72. The van der Waals surface area contributed by atoms with E-state index >= 15 is 0 Å². The van der Waals surface area contributed by atoms with E-state index in [1.165, 1.54) is 41.1 Å². The Kier molecular flexibility index (Phi) is 6.57. The number of alkyl halides is 1. The normalized spacial score (nSPS) is 11.0. The maximum Gasteiger partial charge on any atom is 0.0702 e. The van der Waals surface area contributed by atoms with Crippen LogP contribution in [0.25, 0.3) is 10.9 Å². The number of pyridine rings is 1. The molecule has 1 aromatic carbocycles. The molecular weight excluding hydrogens is 347 g/mol. The number of rotatable bonds is 8. The van der Waals surface area contributed by atoms with Crippen molar-refractivity contribution in [2.24, 2.45) is 0 Å². The van der Waals surface area contributed by atoms with E-state index in [1.807, 2.05) is 12.3 Å². The highest BCUT2D eigenvalue weighted by Crippen LogP contribution is 2.13. The van der Waals surface area contributed by atoms with Gasteiger partial charge in [0.1, 0.15) is 0 Å². The lowest BCUT2D eigenvalue weighted by Gasteiger charge is -2.06. The highest BCUT2D eigenvalue weighted by atomic mass is 127. The average Bonchev–Trinajstić information content (AvgIpc) is 2.46. The second-order valence-electron chi connectivity index (χ2n) is 4.81. The summed E-state index contributed by atoms with van der Waals surface area (Å²) in [5.41, 5.74) is 2.41. The molecule has 0 saturated heterocycles. The fourth-order valence-electron chi connectivity index (χ4n) is 2.17. The zero-order valence-corrected chi connectivity index (χ0v) is 13.4. The molecule has 1 heterocycles. The van der Waals surface area contributed by atoms with Crippen LogP contribution in [0.5, 0.6) is 0 Å². The van der Waals surface area contributed by atoms with Gasteiger partial charge in [0.15, 0.2) is 0 Å². The number of halogens is 1. The summed E-state index contributed by atoms with van der Waals surface area (Å²) in [5.74, 6) is 0. The highest BCUT2D eigenvalue weighted by molar-refractivity contribution is 14.1. The minimum absolute atomic E-state index is 0.955. The molecule has 0 fully saturated rings. The van der Waals surface area contributed by atoms with Gasteiger partial charge in [0.05, 0.1) is 5.52 Å². The van der Waals surface area contributed by atoms with Crippen molar-refractivity contribution in [1.29, 1.82) is 0 Å². The van der Waals surface area contributed by atoms with E-state index in [9.17, 15) is 0 Å². The van der Waals surface area contributed by atoms with Crippen molar-refractivity contribution in [1.82, 2.24) is 10.3 Å². The molecule has 0 radical (unpaired) electrons. The summed E-state index contributed by atoms with van der Waals surface area (Å²) in [6.45, 7) is 2.07. The van der Waals surface area contributed by atoms with Gasteiger partial charge in [-0.15, -0.1) is 0 Å². The quantitative estimate of drug-likeness (QED) is 0.427. The van der Waals surface area contributed by atoms with E-state index in [0.717, 1.165) is 18.6 Å². The first-order chi connectivity index (χ1) is 9.40. The lowest BCUT2D eigenvalue weighted by molar-refractivity contribution is 0.601. The van der Waals surface area contributed by atoms with Crippen LogP contribution in [0.1, 0.15) is 31.2 Å². The molecule has 3 heteroatoms. The molecule has 0 aliphatic heterocycles. The van der Waals surface area contributed by atoms with E-state index in [-0.39, 0.29) is 0 Å². The molecule has 2 nitrogen and oxygen atoms in total. The van der Waals surface area contributed by atoms with Gasteiger partial charge in [-0.25, -0.2) is 0 Å². The van der Waals surface area contributed by atoms with Crippen LogP contribution in [0.3, 0.4) is 0 Å². The minimum atomic E-state index is 0.955. The number of benzene rings is 1. The molecule has 0 aliphatic carbocycles. The van der Waals surface area contributed by atoms with Crippen LogP contribution in [0.2, 0.25) is 0 Å². The number of fused-ring (bicyclic) bond motifs is 1. The van der Waals surface area contributed by atoms with Crippen LogP contribution in [-0.2, 0) is 6.54 Å². The summed E-state index contributed by atoms with van der Waals surface area (Å²) in [7, 11) is 0. The third-order valence-corrected chi connectivity index (χ3v) is 4.00. The summed E-state index contributed by atoms with van der Waals surface area (Å²) in [6, 6.07) is 10.6. The van der Waals surface area contributed by atoms with Gasteiger partial charge in [-0.2, -0.15) is 0 Å². The van der Waals surface area contributed by atoms with Crippen molar-refractivity contribution >= 4 is 33.5 Å². The van der Waals surface area contributed by atoms with Crippen LogP contribution in [0, 0.1) is 0 Å². The van der Waals surface area contributed by atoms with E-state index in [0.29, 0.717) is 0 Å². The van der Waals surface area contributed by atoms with Gasteiger partial charge in [-0.1, -0.05) is 47.6 Å². The second-order valence-corrected chi connectivity index (χ2v) is 5.89. The molecule has 0 bridgehead atoms. The van der Waals surface area contributed by atoms with Crippen LogP contribution in [0.4, 0.5) is 0 Å². The van der Waals surface area contributed by atoms with E-state index in [4.69, 9.17) is 0 Å². The van der Waals surface area contributed by atoms with Crippen LogP contribution >= 0.6 is 22.6 Å². The van der Waals surface area contributed by atoms with E-state index < -0.39 is 0 Å². The fourth-order valence-corrected chi connectivity index (χ4v) is 2.71. The first-order valence-corrected chi connectivity index (χ1v) is 8.53. The van der Waals surface area contributed by atoms with E-state index in [2.05, 4.69) is 57.2 Å². The van der Waals surface area contributed by atoms with Crippen LogP contribution in [0.15, 0.2) is 36.5 Å². The minimum Gasteiger partial charge on any atom is -0.313 e. The summed E-state index contributed by atoms with van der Waals surface area (Å²) in [5, 5.41) is 4.75. The van der Waals surface area contributed by atoms with Gasteiger partial charge in [0, 0.05) is 18.1 Å². The predicted octanol–water partition coefficient (Wildman–Crippen LogP) is 4.32. The monoisotopic (exact) mass is 368 g/mol. The first kappa shape index (κ1) is 14.7. The average molecular weight is 368 g/mol. The standard InChI is InChI=1S/C16H21IN2/c17-9-3-1-2-4-10-18-13-14-7-8-16-15(12-14)6-5-11-19-16/h5-8,11-12,18H,1-4,9-10,13H2. The number of aromatic nitrogens is 1. The SMILES string of the molecule is ICCCCCCNCc1ccc2ncccc2c1. The topological polar surface area (TPSA) is 24.9 Å². The smallest absolute Gasteiger partial charge is 0.0702 e. The number of hydrogen-bond acceptors (Lipinski definition) is 2. The molecule has 0 amide bonds. The number of nitrogens with one attached hydrogen (secondary N) is 1. The van der Waals surface area contributed by atoms with Crippen molar-refractivity contribution in [3.63, 3.8) is 0 Å². The summed E-state index contributed by atoms with van der Waals surface area (Å²) in [4.78, 5) is 4.34. The fraction of sp³-hybridized carbons (Fsp3) is 0.438. The van der Waals surface area contributed by atoms with Crippen molar-refractivity contribution in [2.45, 2.75) is 32.2 Å². The number of nitrogens with zero attached hydrogens (tertiary/aromatic N) is 1. The molecule has 1 N–H and O–H groups in total. The van der Waals surface area contributed by atoms with Crippen molar-refractivity contribution in [3.05, 3.63) is 42.1 Å². The van der Waals surface area contributed by atoms with Crippen molar-refractivity contribution in [2.75, 3.05) is 11.0 Å². The summed E-state index contributed by atoms with van der Waals surface area (Å²) >= 11 is 2.45. The zero-order valence-electron chi connectivity index (χ0n) is 11.2. The van der Waals surface area contributed by atoms with Gasteiger partial charge >= 0.3 is 0 Å². The Morgan fingerprint density at radius 3 is 2.84 bits per heavy atom. The molecule has 102 valence electrons. The van der Waals surface area contributed by atoms with Gasteiger partial charge in [0.25, 0.3) is 0 Å². The second kappa shape index (κ2) is 8.48. The van der Waals surface area contributed by atoms with Gasteiger partial charge < -0.3 is 5.32 Å². The summed E-state index contributed by atoms with van der Waals surface area (Å²) in [6.07, 6.45) is 7.20. The van der Waals surface area contributed by atoms with Crippen LogP contribution in [-0.4, -0.2) is 16.0 Å². The molecule has 2 rings (SSSR count). The maximum absolute atomic E-state index is 4.34. The lowest BCUT2D eigenvalue weighted by Crippen LogP contribution is -2.14. The molecule has 0 aliphatic rings. The van der Waals surface area contributed by atoms with E-state index in [1.54, 1.807) is 0 Å². The van der Waals surface area contributed by atoms with Crippen molar-refractivity contribution in [3.8, 4) is 0 Å². The molecule has 1 aromatic heterocycles. The van der Waals surface area contributed by atoms with Crippen LogP contribution < -0.4 is 5.32 Å². The van der Waals surface area contributed by atoms with Gasteiger partial charge in [0.2, 0.25) is 0 Å². The molecule has 19 heavy (non-hydrogen) atoms.